The van der Waals surface area contributed by atoms with Gasteiger partial charge in [0.2, 0.25) is 5.91 Å². The van der Waals surface area contributed by atoms with E-state index in [1.165, 1.54) is 11.8 Å². The molecule has 1 aromatic carbocycles. The lowest BCUT2D eigenvalue weighted by Gasteiger charge is -2.34. The third-order valence-corrected chi connectivity index (χ3v) is 8.02. The van der Waals surface area contributed by atoms with Crippen molar-refractivity contribution in [3.63, 3.8) is 0 Å². The Labute approximate surface area is 201 Å². The molecule has 4 atom stereocenters. The summed E-state index contributed by atoms with van der Waals surface area (Å²) >= 11 is 1.40. The Morgan fingerprint density at radius 3 is 2.74 bits per heavy atom. The highest BCUT2D eigenvalue weighted by Gasteiger charge is 2.47. The number of carbonyl (C=O) groups is 2. The molecule has 1 aliphatic carbocycles. The maximum absolute atomic E-state index is 13.4. The average Bonchev–Trinajstić information content (AvgIpc) is 3.44. The summed E-state index contributed by atoms with van der Waals surface area (Å²) in [6, 6.07) is 14.6. The maximum Gasteiger partial charge on any atom is 0.327 e. The summed E-state index contributed by atoms with van der Waals surface area (Å²) < 4.78 is 0. The Hall–Kier alpha value is -3.43. The molecule has 6 rings (SSSR count). The number of thioether (sulfide) groups is 1. The van der Waals surface area contributed by atoms with Crippen molar-refractivity contribution >= 4 is 35.1 Å². The number of nitrogens with one attached hydrogen (secondary N) is 2. The summed E-state index contributed by atoms with van der Waals surface area (Å²) in [5.41, 5.74) is 10.2. The molecule has 0 saturated heterocycles. The number of aromatic nitrogens is 2. The lowest BCUT2D eigenvalue weighted by Crippen LogP contribution is -2.52. The molecule has 2 aromatic heterocycles. The number of amides is 3. The summed E-state index contributed by atoms with van der Waals surface area (Å²) in [5, 5.41) is 6.45. The minimum atomic E-state index is -0.486. The molecular weight excluding hydrogens is 448 g/mol. The predicted molar refractivity (Wildman–Crippen MR) is 131 cm³/mol. The van der Waals surface area contributed by atoms with Crippen LogP contribution >= 0.6 is 11.8 Å². The molecule has 0 bridgehead atoms. The first-order chi connectivity index (χ1) is 16.6. The number of carbonyl (C=O) groups excluding carboxylic acids is 2. The van der Waals surface area contributed by atoms with E-state index >= 15 is 0 Å². The zero-order valence-corrected chi connectivity index (χ0v) is 19.2. The van der Waals surface area contributed by atoms with Crippen LogP contribution in [0.4, 0.5) is 16.2 Å². The van der Waals surface area contributed by atoms with Crippen LogP contribution in [0.2, 0.25) is 0 Å². The minimum absolute atomic E-state index is 0.0200. The lowest BCUT2D eigenvalue weighted by atomic mass is 9.99. The molecule has 8 nitrogen and oxygen atoms in total. The van der Waals surface area contributed by atoms with E-state index < -0.39 is 11.3 Å². The molecule has 3 aliphatic rings. The second kappa shape index (κ2) is 8.41. The number of nitrogens with two attached hydrogens (primary N) is 1. The zero-order chi connectivity index (χ0) is 23.2. The summed E-state index contributed by atoms with van der Waals surface area (Å²) in [7, 11) is 0. The third-order valence-electron chi connectivity index (χ3n) is 6.73. The van der Waals surface area contributed by atoms with Gasteiger partial charge in [0.25, 0.3) is 0 Å². The molecule has 3 amide bonds. The number of nitrogens with zero attached hydrogens (tertiary/aromatic N) is 3. The predicted octanol–water partition coefficient (Wildman–Crippen LogP) is 3.52. The van der Waals surface area contributed by atoms with Gasteiger partial charge < -0.3 is 16.4 Å². The fourth-order valence-corrected chi connectivity index (χ4v) is 6.28. The highest BCUT2D eigenvalue weighted by Crippen LogP contribution is 2.50. The molecule has 0 spiro atoms. The quantitative estimate of drug-likeness (QED) is 0.536. The number of benzene rings is 1. The first-order valence-corrected chi connectivity index (χ1v) is 12.3. The molecule has 2 unspecified atom stereocenters. The van der Waals surface area contributed by atoms with Crippen LogP contribution in [-0.4, -0.2) is 39.2 Å². The van der Waals surface area contributed by atoms with E-state index in [0.717, 1.165) is 46.8 Å². The van der Waals surface area contributed by atoms with Crippen LogP contribution in [-0.2, 0) is 4.79 Å². The number of rotatable bonds is 4. The molecule has 2 aliphatic heterocycles. The van der Waals surface area contributed by atoms with E-state index in [2.05, 4.69) is 20.6 Å². The lowest BCUT2D eigenvalue weighted by molar-refractivity contribution is -0.121. The van der Waals surface area contributed by atoms with Crippen LogP contribution in [0.1, 0.15) is 30.9 Å². The Bertz CT molecular complexity index is 1270. The third kappa shape index (κ3) is 3.52. The standard InChI is InChI=1S/C25H24N6O2S/c26-16-7-4-8-17(16)29-23(32)22-21-20-19(10-12-28-24(20)34-22)31(25(33)30-21)15-9-11-27-18(13-15)14-5-2-1-3-6-14/h1-3,5-6,9-13,16-17,21-22H,4,7-8,26H2,(H,29,32)(H,30,33)/t16-,17+,21?,22?/m0/s1. The largest absolute Gasteiger partial charge is 0.351 e. The molecule has 34 heavy (non-hydrogen) atoms. The maximum atomic E-state index is 13.4. The van der Waals surface area contributed by atoms with Crippen molar-refractivity contribution in [2.24, 2.45) is 5.73 Å². The molecule has 1 saturated carbocycles. The Balaban J connectivity index is 1.33. The fraction of sp³-hybridized carbons (Fsp3) is 0.280. The van der Waals surface area contributed by atoms with Gasteiger partial charge in [0.15, 0.2) is 0 Å². The summed E-state index contributed by atoms with van der Waals surface area (Å²) in [6.45, 7) is 0. The van der Waals surface area contributed by atoms with Crippen molar-refractivity contribution in [1.82, 2.24) is 20.6 Å². The van der Waals surface area contributed by atoms with Crippen molar-refractivity contribution in [2.45, 2.75) is 47.7 Å². The summed E-state index contributed by atoms with van der Waals surface area (Å²) in [6.07, 6.45) is 6.21. The Morgan fingerprint density at radius 2 is 1.94 bits per heavy atom. The minimum Gasteiger partial charge on any atom is -0.351 e. The molecule has 0 radical (unpaired) electrons. The number of pyridine rings is 2. The molecule has 1 fully saturated rings. The summed E-state index contributed by atoms with van der Waals surface area (Å²) in [4.78, 5) is 37.2. The van der Waals surface area contributed by atoms with Gasteiger partial charge in [0, 0.05) is 35.6 Å². The van der Waals surface area contributed by atoms with Crippen molar-refractivity contribution in [3.8, 4) is 11.3 Å². The second-order valence-corrected chi connectivity index (χ2v) is 9.96. The van der Waals surface area contributed by atoms with Gasteiger partial charge in [-0.1, -0.05) is 42.1 Å². The normalized spacial score (nSPS) is 25.1. The first kappa shape index (κ1) is 21.1. The van der Waals surface area contributed by atoms with Gasteiger partial charge in [-0.2, -0.15) is 0 Å². The van der Waals surface area contributed by atoms with E-state index in [-0.39, 0.29) is 24.0 Å². The van der Waals surface area contributed by atoms with Crippen LogP contribution in [0.15, 0.2) is 66.0 Å². The highest BCUT2D eigenvalue weighted by atomic mass is 32.2. The van der Waals surface area contributed by atoms with Crippen molar-refractivity contribution in [2.75, 3.05) is 4.90 Å². The van der Waals surface area contributed by atoms with Crippen LogP contribution < -0.4 is 21.3 Å². The second-order valence-electron chi connectivity index (χ2n) is 8.83. The van der Waals surface area contributed by atoms with Crippen molar-refractivity contribution in [1.29, 1.82) is 0 Å². The highest BCUT2D eigenvalue weighted by molar-refractivity contribution is 8.01. The van der Waals surface area contributed by atoms with Crippen LogP contribution in [0.5, 0.6) is 0 Å². The van der Waals surface area contributed by atoms with E-state index in [0.29, 0.717) is 5.69 Å². The molecule has 9 heteroatoms. The first-order valence-electron chi connectivity index (χ1n) is 11.4. The number of hydrogen-bond donors (Lipinski definition) is 3. The Morgan fingerprint density at radius 1 is 1.12 bits per heavy atom. The van der Waals surface area contributed by atoms with Crippen LogP contribution in [0.25, 0.3) is 11.3 Å². The SMILES string of the molecule is N[C@H]1CCC[C@H]1NC(=O)C1Sc2nccc3c2C1NC(=O)N3c1ccnc(-c2ccccc2)c1. The molecule has 4 N–H and O–H groups in total. The van der Waals surface area contributed by atoms with Gasteiger partial charge in [-0.3, -0.25) is 14.7 Å². The van der Waals surface area contributed by atoms with E-state index in [1.54, 1.807) is 17.3 Å². The number of hydrogen-bond acceptors (Lipinski definition) is 6. The van der Waals surface area contributed by atoms with Crippen molar-refractivity contribution in [3.05, 3.63) is 66.5 Å². The van der Waals surface area contributed by atoms with Crippen LogP contribution in [0, 0.1) is 0 Å². The molecule has 4 heterocycles. The molecular formula is C25H24N6O2S. The fourth-order valence-electron chi connectivity index (χ4n) is 5.04. The average molecular weight is 473 g/mol. The van der Waals surface area contributed by atoms with Gasteiger partial charge in [-0.15, -0.1) is 0 Å². The summed E-state index contributed by atoms with van der Waals surface area (Å²) in [5.74, 6) is -0.106. The van der Waals surface area contributed by atoms with Gasteiger partial charge in [0.1, 0.15) is 10.3 Å². The number of urea groups is 1. The van der Waals surface area contributed by atoms with Gasteiger partial charge in [-0.05, 0) is 37.5 Å². The van der Waals surface area contributed by atoms with E-state index in [9.17, 15) is 9.59 Å². The number of anilines is 2. The molecule has 3 aromatic rings. The Kier molecular flexibility index (Phi) is 5.23. The van der Waals surface area contributed by atoms with Crippen LogP contribution in [0.3, 0.4) is 0 Å². The monoisotopic (exact) mass is 472 g/mol. The topological polar surface area (TPSA) is 113 Å². The smallest absolute Gasteiger partial charge is 0.327 e. The molecule has 172 valence electrons. The van der Waals surface area contributed by atoms with Gasteiger partial charge in [0.05, 0.1) is 23.1 Å². The van der Waals surface area contributed by atoms with E-state index in [1.807, 2.05) is 48.5 Å². The van der Waals surface area contributed by atoms with Crippen molar-refractivity contribution < 1.29 is 9.59 Å². The van der Waals surface area contributed by atoms with Gasteiger partial charge >= 0.3 is 6.03 Å². The van der Waals surface area contributed by atoms with Gasteiger partial charge in [-0.25, -0.2) is 9.78 Å². The zero-order valence-electron chi connectivity index (χ0n) is 18.3. The van der Waals surface area contributed by atoms with E-state index in [4.69, 9.17) is 5.73 Å².